The van der Waals surface area contributed by atoms with E-state index in [1.807, 2.05) is 28.9 Å². The lowest BCUT2D eigenvalue weighted by atomic mass is 10.2. The number of carbonyl (C=O) groups is 1. The van der Waals surface area contributed by atoms with Gasteiger partial charge in [0.2, 0.25) is 0 Å². The predicted molar refractivity (Wildman–Crippen MR) is 67.9 cm³/mol. The molecule has 92 valence electrons. The summed E-state index contributed by atoms with van der Waals surface area (Å²) in [6.45, 7) is 0.604. The van der Waals surface area contributed by atoms with Gasteiger partial charge in [0.15, 0.2) is 6.29 Å². The number of halogens is 1. The molecule has 0 N–H and O–H groups in total. The summed E-state index contributed by atoms with van der Waals surface area (Å²) in [6, 6.07) is 7.64. The van der Waals surface area contributed by atoms with Crippen LogP contribution in [0.25, 0.3) is 0 Å². The minimum Gasteiger partial charge on any atom is -0.296 e. The van der Waals surface area contributed by atoms with Gasteiger partial charge in [-0.1, -0.05) is 28.9 Å². The van der Waals surface area contributed by atoms with Gasteiger partial charge in [0.1, 0.15) is 5.69 Å². The molecule has 1 heterocycles. The molecule has 3 rings (SSSR count). The lowest BCUT2D eigenvalue weighted by Gasteiger charge is -2.06. The molecule has 1 aliphatic carbocycles. The Kier molecular flexibility index (Phi) is 2.88. The summed E-state index contributed by atoms with van der Waals surface area (Å²) < 4.78 is 1.81. The zero-order valence-electron chi connectivity index (χ0n) is 9.71. The summed E-state index contributed by atoms with van der Waals surface area (Å²) in [5.41, 5.74) is 2.50. The molecule has 1 fully saturated rings. The number of rotatable bonds is 4. The van der Waals surface area contributed by atoms with E-state index in [1.165, 1.54) is 0 Å². The molecule has 0 amide bonds. The van der Waals surface area contributed by atoms with Crippen LogP contribution in [0.3, 0.4) is 0 Å². The summed E-state index contributed by atoms with van der Waals surface area (Å²) in [5.74, 6) is 0.444. The second-order valence-corrected chi connectivity index (χ2v) is 4.98. The maximum Gasteiger partial charge on any atom is 0.172 e. The zero-order chi connectivity index (χ0) is 12.5. The number of aromatic nitrogens is 3. The third kappa shape index (κ3) is 2.16. The Bertz CT molecular complexity index is 590. The predicted octanol–water partition coefficient (Wildman–Crippen LogP) is 2.67. The van der Waals surface area contributed by atoms with Crippen molar-refractivity contribution >= 4 is 17.9 Å². The third-order valence-electron chi connectivity index (χ3n) is 3.10. The molecular weight excluding hydrogens is 250 g/mol. The van der Waals surface area contributed by atoms with Gasteiger partial charge in [0, 0.05) is 10.9 Å². The molecule has 0 saturated heterocycles. The quantitative estimate of drug-likeness (QED) is 0.795. The Balaban J connectivity index is 1.92. The maximum atomic E-state index is 10.9. The third-order valence-corrected chi connectivity index (χ3v) is 3.33. The first kappa shape index (κ1) is 11.4. The minimum atomic E-state index is 0.444. The summed E-state index contributed by atoms with van der Waals surface area (Å²) in [7, 11) is 0. The Morgan fingerprint density at radius 2 is 2.28 bits per heavy atom. The van der Waals surface area contributed by atoms with Crippen LogP contribution in [-0.2, 0) is 6.54 Å². The van der Waals surface area contributed by atoms with E-state index in [1.54, 1.807) is 0 Å². The van der Waals surface area contributed by atoms with Crippen molar-refractivity contribution in [3.63, 3.8) is 0 Å². The van der Waals surface area contributed by atoms with E-state index in [9.17, 15) is 4.79 Å². The fourth-order valence-corrected chi connectivity index (χ4v) is 2.33. The molecule has 18 heavy (non-hydrogen) atoms. The Morgan fingerprint density at radius 3 is 2.94 bits per heavy atom. The Morgan fingerprint density at radius 1 is 1.44 bits per heavy atom. The van der Waals surface area contributed by atoms with Gasteiger partial charge in [-0.05, 0) is 30.5 Å². The minimum absolute atomic E-state index is 0.444. The van der Waals surface area contributed by atoms with Crippen LogP contribution in [0.2, 0.25) is 5.02 Å². The van der Waals surface area contributed by atoms with Crippen LogP contribution in [0, 0.1) is 0 Å². The smallest absolute Gasteiger partial charge is 0.172 e. The zero-order valence-corrected chi connectivity index (χ0v) is 10.5. The standard InChI is InChI=1S/C13H12ClN3O/c14-11-3-1-2-9(6-11)7-17-13(10-4-5-10)12(8-18)15-16-17/h1-3,6,8,10H,4-5,7H2. The van der Waals surface area contributed by atoms with Crippen LogP contribution in [0.1, 0.15) is 40.5 Å². The van der Waals surface area contributed by atoms with Gasteiger partial charge in [-0.3, -0.25) is 4.79 Å². The van der Waals surface area contributed by atoms with Gasteiger partial charge in [-0.25, -0.2) is 4.68 Å². The normalized spacial score (nSPS) is 14.7. The molecule has 0 radical (unpaired) electrons. The molecule has 1 aromatic carbocycles. The number of hydrogen-bond acceptors (Lipinski definition) is 3. The first-order valence-electron chi connectivity index (χ1n) is 5.91. The second kappa shape index (κ2) is 4.53. The molecule has 0 bridgehead atoms. The Labute approximate surface area is 110 Å². The highest BCUT2D eigenvalue weighted by Gasteiger charge is 2.31. The maximum absolute atomic E-state index is 10.9. The lowest BCUT2D eigenvalue weighted by molar-refractivity contribution is 0.111. The van der Waals surface area contributed by atoms with Crippen LogP contribution in [0.4, 0.5) is 0 Å². The monoisotopic (exact) mass is 261 g/mol. The average molecular weight is 262 g/mol. The van der Waals surface area contributed by atoms with Crippen LogP contribution < -0.4 is 0 Å². The molecule has 0 aliphatic heterocycles. The second-order valence-electron chi connectivity index (χ2n) is 4.54. The summed E-state index contributed by atoms with van der Waals surface area (Å²) in [4.78, 5) is 10.9. The topological polar surface area (TPSA) is 47.8 Å². The molecule has 1 saturated carbocycles. The molecule has 4 nitrogen and oxygen atoms in total. The molecule has 0 spiro atoms. The van der Waals surface area contributed by atoms with E-state index in [2.05, 4.69) is 10.3 Å². The molecule has 2 aromatic rings. The Hall–Kier alpha value is -1.68. The van der Waals surface area contributed by atoms with Gasteiger partial charge in [-0.15, -0.1) is 5.10 Å². The first-order chi connectivity index (χ1) is 8.78. The SMILES string of the molecule is O=Cc1nnn(Cc2cccc(Cl)c2)c1C1CC1. The summed E-state index contributed by atoms with van der Waals surface area (Å²) in [5, 5.41) is 8.70. The van der Waals surface area contributed by atoms with Crippen molar-refractivity contribution in [1.29, 1.82) is 0 Å². The number of carbonyl (C=O) groups excluding carboxylic acids is 1. The van der Waals surface area contributed by atoms with E-state index in [-0.39, 0.29) is 0 Å². The molecule has 5 heteroatoms. The largest absolute Gasteiger partial charge is 0.296 e. The van der Waals surface area contributed by atoms with E-state index in [0.29, 0.717) is 23.2 Å². The van der Waals surface area contributed by atoms with Crippen molar-refractivity contribution in [2.75, 3.05) is 0 Å². The average Bonchev–Trinajstić information content (AvgIpc) is 3.11. The lowest BCUT2D eigenvalue weighted by Crippen LogP contribution is -2.06. The van der Waals surface area contributed by atoms with Crippen molar-refractivity contribution in [3.05, 3.63) is 46.2 Å². The summed E-state index contributed by atoms with van der Waals surface area (Å²) in [6.07, 6.45) is 3.02. The molecule has 1 aromatic heterocycles. The van der Waals surface area contributed by atoms with Gasteiger partial charge < -0.3 is 0 Å². The van der Waals surface area contributed by atoms with Crippen molar-refractivity contribution in [3.8, 4) is 0 Å². The number of nitrogens with zero attached hydrogens (tertiary/aromatic N) is 3. The molecule has 0 atom stereocenters. The van der Waals surface area contributed by atoms with E-state index in [0.717, 1.165) is 30.4 Å². The van der Waals surface area contributed by atoms with E-state index >= 15 is 0 Å². The van der Waals surface area contributed by atoms with Crippen LogP contribution in [0.5, 0.6) is 0 Å². The fraction of sp³-hybridized carbons (Fsp3) is 0.308. The van der Waals surface area contributed by atoms with Crippen LogP contribution >= 0.6 is 11.6 Å². The van der Waals surface area contributed by atoms with Crippen molar-refractivity contribution in [2.24, 2.45) is 0 Å². The van der Waals surface area contributed by atoms with E-state index < -0.39 is 0 Å². The number of aldehydes is 1. The van der Waals surface area contributed by atoms with Crippen molar-refractivity contribution in [1.82, 2.24) is 15.0 Å². The summed E-state index contributed by atoms with van der Waals surface area (Å²) >= 11 is 5.96. The first-order valence-corrected chi connectivity index (χ1v) is 6.28. The molecular formula is C13H12ClN3O. The molecule has 0 unspecified atom stereocenters. The highest BCUT2D eigenvalue weighted by atomic mass is 35.5. The van der Waals surface area contributed by atoms with Crippen LogP contribution in [-0.4, -0.2) is 21.3 Å². The molecule has 1 aliphatic rings. The number of hydrogen-bond donors (Lipinski definition) is 0. The number of benzene rings is 1. The van der Waals surface area contributed by atoms with Gasteiger partial charge >= 0.3 is 0 Å². The fourth-order valence-electron chi connectivity index (χ4n) is 2.12. The van der Waals surface area contributed by atoms with E-state index in [4.69, 9.17) is 11.6 Å². The van der Waals surface area contributed by atoms with Gasteiger partial charge in [0.05, 0.1) is 12.2 Å². The van der Waals surface area contributed by atoms with Crippen molar-refractivity contribution in [2.45, 2.75) is 25.3 Å². The van der Waals surface area contributed by atoms with Crippen molar-refractivity contribution < 1.29 is 4.79 Å². The van der Waals surface area contributed by atoms with Crippen LogP contribution in [0.15, 0.2) is 24.3 Å². The van der Waals surface area contributed by atoms with Gasteiger partial charge in [0.25, 0.3) is 0 Å². The highest BCUT2D eigenvalue weighted by molar-refractivity contribution is 6.30. The highest BCUT2D eigenvalue weighted by Crippen LogP contribution is 2.40. The van der Waals surface area contributed by atoms with Gasteiger partial charge in [-0.2, -0.15) is 0 Å².